The summed E-state index contributed by atoms with van der Waals surface area (Å²) >= 11 is 0. The van der Waals surface area contributed by atoms with E-state index in [9.17, 15) is 4.79 Å². The van der Waals surface area contributed by atoms with E-state index in [1.165, 1.54) is 22.3 Å². The van der Waals surface area contributed by atoms with E-state index in [2.05, 4.69) is 29.6 Å². The van der Waals surface area contributed by atoms with Crippen LogP contribution < -0.4 is 10.1 Å². The summed E-state index contributed by atoms with van der Waals surface area (Å²) in [6, 6.07) is 34.5. The number of para-hydroxylation sites is 1. The number of carbonyl (C=O) groups is 1. The average Bonchev–Trinajstić information content (AvgIpc) is 3.23. The third kappa shape index (κ3) is 5.28. The number of hydrogen-bond donors (Lipinski definition) is 1. The van der Waals surface area contributed by atoms with E-state index in [0.29, 0.717) is 19.8 Å². The second-order valence-electron chi connectivity index (χ2n) is 8.42. The first-order chi connectivity index (χ1) is 17.3. The molecule has 5 rings (SSSR count). The van der Waals surface area contributed by atoms with Gasteiger partial charge in [-0.2, -0.15) is 0 Å². The highest BCUT2D eigenvalue weighted by molar-refractivity contribution is 5.79. The Morgan fingerprint density at radius 1 is 0.771 bits per heavy atom. The van der Waals surface area contributed by atoms with Crippen LogP contribution in [-0.2, 0) is 11.3 Å². The minimum atomic E-state index is -0.426. The van der Waals surface area contributed by atoms with Gasteiger partial charge in [-0.3, -0.25) is 0 Å². The van der Waals surface area contributed by atoms with Crippen molar-refractivity contribution in [2.45, 2.75) is 12.5 Å². The van der Waals surface area contributed by atoms with Gasteiger partial charge in [-0.1, -0.05) is 109 Å². The maximum Gasteiger partial charge on any atom is 0.407 e. The van der Waals surface area contributed by atoms with Crippen LogP contribution in [0, 0.1) is 0 Å². The Bertz CT molecular complexity index is 1280. The number of fused-ring (bicyclic) bond motifs is 3. The van der Waals surface area contributed by atoms with E-state index in [4.69, 9.17) is 9.47 Å². The minimum absolute atomic E-state index is 0.0531. The van der Waals surface area contributed by atoms with Gasteiger partial charge in [-0.05, 0) is 33.9 Å². The van der Waals surface area contributed by atoms with Gasteiger partial charge in [0.05, 0.1) is 0 Å². The number of amides is 1. The second-order valence-corrected chi connectivity index (χ2v) is 8.42. The molecule has 4 nitrogen and oxygen atoms in total. The number of benzene rings is 4. The predicted octanol–water partition coefficient (Wildman–Crippen LogP) is 6.82. The van der Waals surface area contributed by atoms with Crippen molar-refractivity contribution in [3.8, 4) is 16.9 Å². The summed E-state index contributed by atoms with van der Waals surface area (Å²) in [4.78, 5) is 12.4. The van der Waals surface area contributed by atoms with Crippen LogP contribution in [0.15, 0.2) is 109 Å². The highest BCUT2D eigenvalue weighted by atomic mass is 16.5. The molecule has 1 aliphatic carbocycles. The second kappa shape index (κ2) is 10.7. The van der Waals surface area contributed by atoms with Crippen LogP contribution >= 0.6 is 0 Å². The first kappa shape index (κ1) is 22.5. The lowest BCUT2D eigenvalue weighted by Gasteiger charge is -2.14. The van der Waals surface area contributed by atoms with Crippen molar-refractivity contribution in [3.05, 3.63) is 131 Å². The summed E-state index contributed by atoms with van der Waals surface area (Å²) in [5, 5.41) is 2.81. The molecule has 35 heavy (non-hydrogen) atoms. The first-order valence-corrected chi connectivity index (χ1v) is 11.8. The molecule has 0 heterocycles. The molecule has 0 atom stereocenters. The van der Waals surface area contributed by atoms with Gasteiger partial charge >= 0.3 is 6.09 Å². The Balaban J connectivity index is 1.14. The van der Waals surface area contributed by atoms with E-state index >= 15 is 0 Å². The lowest BCUT2D eigenvalue weighted by atomic mass is 9.98. The molecule has 0 aliphatic heterocycles. The van der Waals surface area contributed by atoms with E-state index in [1.54, 1.807) is 0 Å². The molecule has 0 spiro atoms. The zero-order valence-electron chi connectivity index (χ0n) is 19.4. The van der Waals surface area contributed by atoms with Gasteiger partial charge in [0.25, 0.3) is 0 Å². The minimum Gasteiger partial charge on any atom is -0.488 e. The molecule has 1 aliphatic rings. The quantitative estimate of drug-likeness (QED) is 0.313. The summed E-state index contributed by atoms with van der Waals surface area (Å²) in [7, 11) is 0. The highest BCUT2D eigenvalue weighted by Gasteiger charge is 2.28. The fourth-order valence-electron chi connectivity index (χ4n) is 4.46. The van der Waals surface area contributed by atoms with E-state index < -0.39 is 6.09 Å². The van der Waals surface area contributed by atoms with Crippen LogP contribution in [0.5, 0.6) is 5.75 Å². The lowest BCUT2D eigenvalue weighted by Crippen LogP contribution is -2.26. The first-order valence-electron chi connectivity index (χ1n) is 11.8. The Hall–Kier alpha value is -4.31. The number of alkyl carbamates (subject to hydrolysis) is 1. The fourth-order valence-corrected chi connectivity index (χ4v) is 4.46. The molecule has 0 saturated carbocycles. The molecule has 0 saturated heterocycles. The van der Waals surface area contributed by atoms with Gasteiger partial charge < -0.3 is 14.8 Å². The van der Waals surface area contributed by atoms with Crippen LogP contribution in [0.25, 0.3) is 17.2 Å². The zero-order chi connectivity index (χ0) is 23.9. The van der Waals surface area contributed by atoms with E-state index in [-0.39, 0.29) is 5.92 Å². The third-order valence-corrected chi connectivity index (χ3v) is 6.16. The number of nitrogens with one attached hydrogen (secondary N) is 1. The summed E-state index contributed by atoms with van der Waals surface area (Å²) in [6.45, 7) is 1.17. The number of rotatable bonds is 8. The molecule has 1 N–H and O–H groups in total. The summed E-state index contributed by atoms with van der Waals surface area (Å²) in [5.41, 5.74) is 6.91. The average molecular weight is 462 g/mol. The molecule has 1 amide bonds. The van der Waals surface area contributed by atoms with Crippen molar-refractivity contribution in [1.82, 2.24) is 5.32 Å². The van der Waals surface area contributed by atoms with Gasteiger partial charge in [0.1, 0.15) is 19.0 Å². The predicted molar refractivity (Wildman–Crippen MR) is 139 cm³/mol. The number of ether oxygens (including phenoxy) is 2. The standard InChI is InChI=1S/C31H27NO3/c33-31(35-22-29-27-17-7-5-15-25(27)26-16-6-8-18-28(26)29)32-20-10-14-24-13-4-9-19-30(24)34-21-23-11-2-1-3-12-23/h1-19,29H,20-22H2,(H,32,33). The SMILES string of the molecule is O=C(NCC=Cc1ccccc1OCc1ccccc1)OCC1c2ccccc2-c2ccccc21. The number of carbonyl (C=O) groups excluding carboxylic acids is 1. The molecule has 4 heteroatoms. The molecule has 0 radical (unpaired) electrons. The molecular formula is C31H27NO3. The van der Waals surface area contributed by atoms with E-state index in [1.807, 2.05) is 91.0 Å². The fraction of sp³-hybridized carbons (Fsp3) is 0.129. The summed E-state index contributed by atoms with van der Waals surface area (Å²) in [6.07, 6.45) is 3.42. The normalized spacial score (nSPS) is 12.2. The largest absolute Gasteiger partial charge is 0.488 e. The van der Waals surface area contributed by atoms with Crippen LogP contribution in [0.3, 0.4) is 0 Å². The van der Waals surface area contributed by atoms with Crippen molar-refractivity contribution >= 4 is 12.2 Å². The Morgan fingerprint density at radius 2 is 1.40 bits per heavy atom. The van der Waals surface area contributed by atoms with Crippen molar-refractivity contribution in [2.75, 3.05) is 13.2 Å². The third-order valence-electron chi connectivity index (χ3n) is 6.16. The van der Waals surface area contributed by atoms with Gasteiger partial charge in [0, 0.05) is 18.0 Å². The van der Waals surface area contributed by atoms with Gasteiger partial charge in [-0.15, -0.1) is 0 Å². The van der Waals surface area contributed by atoms with Crippen molar-refractivity contribution in [1.29, 1.82) is 0 Å². The molecular weight excluding hydrogens is 434 g/mol. The van der Waals surface area contributed by atoms with Crippen LogP contribution in [0.4, 0.5) is 4.79 Å². The van der Waals surface area contributed by atoms with Crippen molar-refractivity contribution in [2.24, 2.45) is 0 Å². The van der Waals surface area contributed by atoms with Crippen LogP contribution in [-0.4, -0.2) is 19.2 Å². The summed E-state index contributed by atoms with van der Waals surface area (Å²) < 4.78 is 11.6. The molecule has 4 aromatic rings. The lowest BCUT2D eigenvalue weighted by molar-refractivity contribution is 0.144. The van der Waals surface area contributed by atoms with Crippen molar-refractivity contribution in [3.63, 3.8) is 0 Å². The van der Waals surface area contributed by atoms with E-state index in [0.717, 1.165) is 16.9 Å². The molecule has 0 bridgehead atoms. The van der Waals surface area contributed by atoms with Gasteiger partial charge in [0.2, 0.25) is 0 Å². The van der Waals surface area contributed by atoms with Gasteiger partial charge in [-0.25, -0.2) is 4.79 Å². The summed E-state index contributed by atoms with van der Waals surface area (Å²) in [5.74, 6) is 0.853. The Morgan fingerprint density at radius 3 is 2.14 bits per heavy atom. The molecule has 0 unspecified atom stereocenters. The molecule has 0 aromatic heterocycles. The maximum atomic E-state index is 12.4. The molecule has 4 aromatic carbocycles. The topological polar surface area (TPSA) is 47.6 Å². The highest BCUT2D eigenvalue weighted by Crippen LogP contribution is 2.44. The van der Waals surface area contributed by atoms with Crippen molar-refractivity contribution < 1.29 is 14.3 Å². The molecule has 174 valence electrons. The number of hydrogen-bond acceptors (Lipinski definition) is 3. The maximum absolute atomic E-state index is 12.4. The smallest absolute Gasteiger partial charge is 0.407 e. The Kier molecular flexibility index (Phi) is 6.90. The van der Waals surface area contributed by atoms with Crippen LogP contribution in [0.1, 0.15) is 28.2 Å². The van der Waals surface area contributed by atoms with Gasteiger partial charge in [0.15, 0.2) is 0 Å². The van der Waals surface area contributed by atoms with Crippen LogP contribution in [0.2, 0.25) is 0 Å². The monoisotopic (exact) mass is 461 g/mol. The Labute approximate surface area is 205 Å². The molecule has 0 fully saturated rings. The zero-order valence-corrected chi connectivity index (χ0v) is 19.4.